The molecule has 0 aliphatic carbocycles. The van der Waals surface area contributed by atoms with Gasteiger partial charge in [0.2, 0.25) is 0 Å². The Bertz CT molecular complexity index is 554. The van der Waals surface area contributed by atoms with E-state index < -0.39 is 0 Å². The van der Waals surface area contributed by atoms with Gasteiger partial charge in [-0.3, -0.25) is 4.40 Å². The van der Waals surface area contributed by atoms with E-state index in [4.69, 9.17) is 0 Å². The van der Waals surface area contributed by atoms with E-state index in [1.165, 1.54) is 5.56 Å². The smallest absolute Gasteiger partial charge is 0.161 e. The maximum absolute atomic E-state index is 4.01. The molecule has 3 rings (SSSR count). The van der Waals surface area contributed by atoms with Gasteiger partial charge in [0.05, 0.1) is 5.69 Å². The van der Waals surface area contributed by atoms with E-state index in [-0.39, 0.29) is 0 Å². The Morgan fingerprint density at radius 1 is 1.21 bits per heavy atom. The molecular weight excluding hydrogens is 194 g/mol. The van der Waals surface area contributed by atoms with Crippen molar-refractivity contribution >= 4 is 17.0 Å². The van der Waals surface area contributed by atoms with Gasteiger partial charge in [-0.2, -0.15) is 11.3 Å². The Kier molecular flexibility index (Phi) is 1.61. The molecule has 0 aliphatic rings. The first-order valence-electron chi connectivity index (χ1n) is 4.26. The third-order valence-corrected chi connectivity index (χ3v) is 2.83. The van der Waals surface area contributed by atoms with Crippen molar-refractivity contribution in [3.8, 4) is 11.3 Å². The third kappa shape index (κ3) is 1.04. The lowest BCUT2D eigenvalue weighted by Gasteiger charge is -2.00. The Morgan fingerprint density at radius 3 is 3.07 bits per heavy atom. The highest BCUT2D eigenvalue weighted by Crippen LogP contribution is 2.22. The van der Waals surface area contributed by atoms with Crippen LogP contribution in [-0.4, -0.2) is 14.6 Å². The molecule has 0 atom stereocenters. The zero-order chi connectivity index (χ0) is 9.38. The summed E-state index contributed by atoms with van der Waals surface area (Å²) in [4.78, 5) is 0. The number of thiophene rings is 1. The van der Waals surface area contributed by atoms with Gasteiger partial charge < -0.3 is 0 Å². The topological polar surface area (TPSA) is 30.2 Å². The van der Waals surface area contributed by atoms with Crippen molar-refractivity contribution in [1.29, 1.82) is 0 Å². The normalized spacial score (nSPS) is 10.9. The number of hydrogen-bond donors (Lipinski definition) is 0. The van der Waals surface area contributed by atoms with Crippen LogP contribution >= 0.6 is 11.3 Å². The van der Waals surface area contributed by atoms with Crippen LogP contribution in [0.25, 0.3) is 16.9 Å². The van der Waals surface area contributed by atoms with Gasteiger partial charge in [-0.25, -0.2) is 0 Å². The lowest BCUT2D eigenvalue weighted by Crippen LogP contribution is -1.88. The second-order valence-corrected chi connectivity index (χ2v) is 3.76. The van der Waals surface area contributed by atoms with Crippen LogP contribution in [0.1, 0.15) is 0 Å². The van der Waals surface area contributed by atoms with Crippen LogP contribution in [0.5, 0.6) is 0 Å². The highest BCUT2D eigenvalue weighted by atomic mass is 32.1. The molecule has 0 fully saturated rings. The number of fused-ring (bicyclic) bond motifs is 1. The minimum atomic E-state index is 0.883. The first kappa shape index (κ1) is 7.70. The van der Waals surface area contributed by atoms with Gasteiger partial charge in [-0.15, -0.1) is 10.2 Å². The minimum Gasteiger partial charge on any atom is -0.281 e. The Morgan fingerprint density at radius 2 is 2.21 bits per heavy atom. The summed E-state index contributed by atoms with van der Waals surface area (Å²) in [6.45, 7) is 0. The van der Waals surface area contributed by atoms with Crippen LogP contribution in [-0.2, 0) is 0 Å². The predicted molar refractivity (Wildman–Crippen MR) is 56.3 cm³/mol. The molecule has 0 saturated heterocycles. The summed E-state index contributed by atoms with van der Waals surface area (Å²) >= 11 is 1.69. The van der Waals surface area contributed by atoms with Crippen LogP contribution in [0.15, 0.2) is 41.4 Å². The summed E-state index contributed by atoms with van der Waals surface area (Å²) in [5, 5.41) is 12.1. The molecule has 0 spiro atoms. The summed E-state index contributed by atoms with van der Waals surface area (Å²) in [6, 6.07) is 8.11. The van der Waals surface area contributed by atoms with Crippen molar-refractivity contribution in [2.45, 2.75) is 0 Å². The second kappa shape index (κ2) is 2.92. The molecule has 3 aromatic rings. The van der Waals surface area contributed by atoms with Crippen LogP contribution in [0, 0.1) is 0 Å². The predicted octanol–water partition coefficient (Wildman–Crippen LogP) is 2.46. The number of aromatic nitrogens is 3. The zero-order valence-corrected chi connectivity index (χ0v) is 8.11. The maximum Gasteiger partial charge on any atom is 0.161 e. The van der Waals surface area contributed by atoms with Gasteiger partial charge in [0.1, 0.15) is 6.33 Å². The van der Waals surface area contributed by atoms with Crippen LogP contribution in [0.4, 0.5) is 0 Å². The van der Waals surface area contributed by atoms with Crippen molar-refractivity contribution in [1.82, 2.24) is 14.6 Å². The molecule has 14 heavy (non-hydrogen) atoms. The molecule has 0 radical (unpaired) electrons. The molecule has 3 nitrogen and oxygen atoms in total. The summed E-state index contributed by atoms with van der Waals surface area (Å²) in [7, 11) is 0. The standard InChI is InChI=1S/C10H7N3S/c1-2-9(8-4-5-14-6-8)13-7-11-12-10(13)3-1/h1-7H. The van der Waals surface area contributed by atoms with E-state index in [1.807, 2.05) is 16.5 Å². The average molecular weight is 201 g/mol. The highest BCUT2D eigenvalue weighted by Gasteiger charge is 2.03. The lowest BCUT2D eigenvalue weighted by atomic mass is 10.2. The quantitative estimate of drug-likeness (QED) is 0.605. The first-order chi connectivity index (χ1) is 6.95. The number of nitrogens with zero attached hydrogens (tertiary/aromatic N) is 3. The molecule has 0 bridgehead atoms. The number of hydrogen-bond acceptors (Lipinski definition) is 3. The molecule has 68 valence electrons. The summed E-state index contributed by atoms with van der Waals surface area (Å²) in [5.41, 5.74) is 3.22. The zero-order valence-electron chi connectivity index (χ0n) is 7.29. The van der Waals surface area contributed by atoms with E-state index in [0.717, 1.165) is 11.3 Å². The largest absolute Gasteiger partial charge is 0.281 e. The second-order valence-electron chi connectivity index (χ2n) is 2.98. The van der Waals surface area contributed by atoms with Crippen molar-refractivity contribution in [2.75, 3.05) is 0 Å². The van der Waals surface area contributed by atoms with Crippen molar-refractivity contribution < 1.29 is 0 Å². The molecule has 3 aromatic heterocycles. The fourth-order valence-corrected chi connectivity index (χ4v) is 2.14. The maximum atomic E-state index is 4.01. The van der Waals surface area contributed by atoms with Gasteiger partial charge in [-0.1, -0.05) is 6.07 Å². The van der Waals surface area contributed by atoms with Crippen molar-refractivity contribution in [3.63, 3.8) is 0 Å². The fourth-order valence-electron chi connectivity index (χ4n) is 1.49. The van der Waals surface area contributed by atoms with Crippen LogP contribution in [0.3, 0.4) is 0 Å². The van der Waals surface area contributed by atoms with Crippen LogP contribution < -0.4 is 0 Å². The Labute approximate surface area is 84.7 Å². The highest BCUT2D eigenvalue weighted by molar-refractivity contribution is 7.08. The van der Waals surface area contributed by atoms with E-state index in [0.29, 0.717) is 0 Å². The Balaban J connectivity index is 2.36. The van der Waals surface area contributed by atoms with Crippen molar-refractivity contribution in [2.24, 2.45) is 0 Å². The van der Waals surface area contributed by atoms with Gasteiger partial charge in [-0.05, 0) is 23.6 Å². The summed E-state index contributed by atoms with van der Waals surface area (Å²) in [6.07, 6.45) is 1.74. The molecule has 0 aromatic carbocycles. The molecule has 3 heterocycles. The molecule has 0 saturated carbocycles. The molecule has 0 unspecified atom stereocenters. The number of rotatable bonds is 1. The third-order valence-electron chi connectivity index (χ3n) is 2.15. The van der Waals surface area contributed by atoms with Gasteiger partial charge in [0.15, 0.2) is 5.65 Å². The van der Waals surface area contributed by atoms with Gasteiger partial charge in [0.25, 0.3) is 0 Å². The van der Waals surface area contributed by atoms with E-state index >= 15 is 0 Å². The molecular formula is C10H7N3S. The summed E-state index contributed by atoms with van der Waals surface area (Å²) < 4.78 is 1.99. The lowest BCUT2D eigenvalue weighted by molar-refractivity contribution is 1.10. The van der Waals surface area contributed by atoms with E-state index in [2.05, 4.69) is 33.1 Å². The number of pyridine rings is 1. The monoisotopic (exact) mass is 201 g/mol. The van der Waals surface area contributed by atoms with E-state index in [1.54, 1.807) is 17.7 Å². The Hall–Kier alpha value is -1.68. The van der Waals surface area contributed by atoms with Crippen LogP contribution in [0.2, 0.25) is 0 Å². The average Bonchev–Trinajstić information content (AvgIpc) is 2.88. The SMILES string of the molecule is c1cc(-c2ccsc2)n2cnnc2c1. The molecule has 0 aliphatic heterocycles. The molecule has 4 heteroatoms. The summed E-state index contributed by atoms with van der Waals surface area (Å²) in [5.74, 6) is 0. The van der Waals surface area contributed by atoms with Gasteiger partial charge >= 0.3 is 0 Å². The van der Waals surface area contributed by atoms with Gasteiger partial charge in [0, 0.05) is 10.9 Å². The van der Waals surface area contributed by atoms with E-state index in [9.17, 15) is 0 Å². The first-order valence-corrected chi connectivity index (χ1v) is 5.21. The van der Waals surface area contributed by atoms with Crippen molar-refractivity contribution in [3.05, 3.63) is 41.4 Å². The molecule has 0 amide bonds. The fraction of sp³-hybridized carbons (Fsp3) is 0. The minimum absolute atomic E-state index is 0.883. The molecule has 0 N–H and O–H groups in total.